The number of ether oxygens (including phenoxy) is 1. The molecule has 0 saturated carbocycles. The molecule has 2 saturated heterocycles. The van der Waals surface area contributed by atoms with E-state index in [0.29, 0.717) is 13.1 Å². The molecule has 2 aromatic carbocycles. The molecule has 3 aliphatic heterocycles. The van der Waals surface area contributed by atoms with E-state index in [9.17, 15) is 14.7 Å². The SMILES string of the molecule is O=C(O)[C@H]1[C@H](C(=O)N2CCN(C(c3ccccc3)c3ccccc3)CC2)[C@H]2C=C[C@H]1O2. The second-order valence-corrected chi connectivity index (χ2v) is 8.43. The number of hydrogen-bond acceptors (Lipinski definition) is 4. The zero-order chi connectivity index (χ0) is 21.4. The molecule has 1 amide bonds. The minimum Gasteiger partial charge on any atom is -0.481 e. The summed E-state index contributed by atoms with van der Waals surface area (Å²) in [6, 6.07) is 21.0. The van der Waals surface area contributed by atoms with Gasteiger partial charge in [-0.2, -0.15) is 0 Å². The van der Waals surface area contributed by atoms with Crippen molar-refractivity contribution in [2.75, 3.05) is 26.2 Å². The molecule has 1 N–H and O–H groups in total. The van der Waals surface area contributed by atoms with Gasteiger partial charge in [-0.3, -0.25) is 14.5 Å². The van der Waals surface area contributed by atoms with Gasteiger partial charge < -0.3 is 14.7 Å². The summed E-state index contributed by atoms with van der Waals surface area (Å²) >= 11 is 0. The highest BCUT2D eigenvalue weighted by atomic mass is 16.5. The highest BCUT2D eigenvalue weighted by molar-refractivity contribution is 5.87. The van der Waals surface area contributed by atoms with Crippen molar-refractivity contribution in [1.29, 1.82) is 0 Å². The maximum Gasteiger partial charge on any atom is 0.310 e. The van der Waals surface area contributed by atoms with Crippen molar-refractivity contribution >= 4 is 11.9 Å². The molecule has 31 heavy (non-hydrogen) atoms. The Balaban J connectivity index is 1.32. The first kappa shape index (κ1) is 20.0. The Morgan fingerprint density at radius 1 is 0.806 bits per heavy atom. The van der Waals surface area contributed by atoms with E-state index in [1.165, 1.54) is 11.1 Å². The summed E-state index contributed by atoms with van der Waals surface area (Å²) < 4.78 is 5.70. The first-order valence-electron chi connectivity index (χ1n) is 10.8. The number of aliphatic carboxylic acids is 1. The van der Waals surface area contributed by atoms with Crippen LogP contribution in [0.15, 0.2) is 72.8 Å². The molecule has 0 spiro atoms. The zero-order valence-electron chi connectivity index (χ0n) is 17.2. The summed E-state index contributed by atoms with van der Waals surface area (Å²) in [5.74, 6) is -2.47. The fraction of sp³-hybridized carbons (Fsp3) is 0.360. The third-order valence-corrected chi connectivity index (χ3v) is 6.69. The highest BCUT2D eigenvalue weighted by Gasteiger charge is 2.54. The summed E-state index contributed by atoms with van der Waals surface area (Å²) in [5.41, 5.74) is 2.46. The van der Waals surface area contributed by atoms with Crippen LogP contribution in [0.4, 0.5) is 0 Å². The Morgan fingerprint density at radius 2 is 1.32 bits per heavy atom. The Hall–Kier alpha value is -2.96. The summed E-state index contributed by atoms with van der Waals surface area (Å²) in [6.07, 6.45) is 2.70. The number of amides is 1. The van der Waals surface area contributed by atoms with Crippen molar-refractivity contribution in [3.63, 3.8) is 0 Å². The first-order valence-corrected chi connectivity index (χ1v) is 10.8. The molecule has 0 radical (unpaired) electrons. The van der Waals surface area contributed by atoms with Crippen LogP contribution in [-0.2, 0) is 14.3 Å². The van der Waals surface area contributed by atoms with Gasteiger partial charge in [0.05, 0.1) is 24.2 Å². The monoisotopic (exact) mass is 418 g/mol. The number of fused-ring (bicyclic) bond motifs is 2. The van der Waals surface area contributed by atoms with Crippen LogP contribution in [0.1, 0.15) is 17.2 Å². The minimum atomic E-state index is -0.956. The van der Waals surface area contributed by atoms with Gasteiger partial charge in [0.15, 0.2) is 0 Å². The van der Waals surface area contributed by atoms with Crippen LogP contribution in [0.3, 0.4) is 0 Å². The van der Waals surface area contributed by atoms with Gasteiger partial charge in [-0.1, -0.05) is 72.8 Å². The zero-order valence-corrected chi connectivity index (χ0v) is 17.2. The van der Waals surface area contributed by atoms with Gasteiger partial charge in [0.1, 0.15) is 5.92 Å². The number of rotatable bonds is 5. The molecule has 3 aliphatic rings. The van der Waals surface area contributed by atoms with Crippen LogP contribution >= 0.6 is 0 Å². The summed E-state index contributed by atoms with van der Waals surface area (Å²) in [7, 11) is 0. The molecular weight excluding hydrogens is 392 g/mol. The van der Waals surface area contributed by atoms with Gasteiger partial charge in [-0.05, 0) is 11.1 Å². The fourth-order valence-electron chi connectivity index (χ4n) is 5.19. The predicted octanol–water partition coefficient (Wildman–Crippen LogP) is 2.57. The van der Waals surface area contributed by atoms with E-state index in [-0.39, 0.29) is 11.9 Å². The Morgan fingerprint density at radius 3 is 1.84 bits per heavy atom. The second kappa shape index (κ2) is 8.29. The maximum atomic E-state index is 13.3. The van der Waals surface area contributed by atoms with Gasteiger partial charge in [0.25, 0.3) is 0 Å². The number of carbonyl (C=O) groups is 2. The normalized spacial score (nSPS) is 27.7. The summed E-state index contributed by atoms with van der Waals surface area (Å²) in [5, 5.41) is 9.63. The number of benzene rings is 2. The van der Waals surface area contributed by atoms with Crippen molar-refractivity contribution in [1.82, 2.24) is 9.80 Å². The number of piperazine rings is 1. The van der Waals surface area contributed by atoms with Crippen LogP contribution in [0.25, 0.3) is 0 Å². The van der Waals surface area contributed by atoms with Gasteiger partial charge in [-0.25, -0.2) is 0 Å². The van der Waals surface area contributed by atoms with Gasteiger partial charge in [0, 0.05) is 26.2 Å². The van der Waals surface area contributed by atoms with E-state index in [4.69, 9.17) is 4.74 Å². The largest absolute Gasteiger partial charge is 0.481 e. The Labute approximate surface area is 181 Å². The number of carboxylic acid groups (broad SMARTS) is 1. The lowest BCUT2D eigenvalue weighted by Crippen LogP contribution is -2.53. The molecule has 0 aromatic heterocycles. The molecule has 4 atom stereocenters. The molecule has 2 aromatic rings. The molecule has 2 fully saturated rings. The third-order valence-electron chi connectivity index (χ3n) is 6.69. The standard InChI is InChI=1S/C25H26N2O4/c28-24(21-19-11-12-20(31-19)22(21)25(29)30)27-15-13-26(14-16-27)23(17-7-3-1-4-8-17)18-9-5-2-6-10-18/h1-12,19-23H,13-16H2,(H,29,30)/t19-,20-,21-,22-/m1/s1. The van der Waals surface area contributed by atoms with E-state index in [1.54, 1.807) is 6.08 Å². The van der Waals surface area contributed by atoms with Crippen molar-refractivity contribution in [2.24, 2.45) is 11.8 Å². The first-order chi connectivity index (χ1) is 15.1. The summed E-state index contributed by atoms with van der Waals surface area (Å²) in [4.78, 5) is 29.2. The van der Waals surface area contributed by atoms with Crippen molar-refractivity contribution in [2.45, 2.75) is 18.2 Å². The Kier molecular flexibility index (Phi) is 5.34. The number of hydrogen-bond donors (Lipinski definition) is 1. The van der Waals surface area contributed by atoms with Crippen LogP contribution in [0, 0.1) is 11.8 Å². The smallest absolute Gasteiger partial charge is 0.310 e. The van der Waals surface area contributed by atoms with E-state index >= 15 is 0 Å². The third kappa shape index (κ3) is 3.66. The molecule has 0 unspecified atom stereocenters. The molecule has 2 bridgehead atoms. The van der Waals surface area contributed by atoms with Crippen LogP contribution in [0.5, 0.6) is 0 Å². The molecule has 0 aliphatic carbocycles. The topological polar surface area (TPSA) is 70.1 Å². The average Bonchev–Trinajstić information content (AvgIpc) is 3.43. The van der Waals surface area contributed by atoms with Crippen LogP contribution in [0.2, 0.25) is 0 Å². The maximum absolute atomic E-state index is 13.3. The molecule has 6 nitrogen and oxygen atoms in total. The lowest BCUT2D eigenvalue weighted by molar-refractivity contribution is -0.150. The van der Waals surface area contributed by atoms with Gasteiger partial charge in [0.2, 0.25) is 5.91 Å². The van der Waals surface area contributed by atoms with E-state index in [2.05, 4.69) is 53.4 Å². The fourth-order valence-corrected chi connectivity index (χ4v) is 5.19. The highest BCUT2D eigenvalue weighted by Crippen LogP contribution is 2.40. The lowest BCUT2D eigenvalue weighted by atomic mass is 9.82. The number of carbonyl (C=O) groups excluding carboxylic acids is 1. The predicted molar refractivity (Wildman–Crippen MR) is 115 cm³/mol. The lowest BCUT2D eigenvalue weighted by Gasteiger charge is -2.41. The number of nitrogens with zero attached hydrogens (tertiary/aromatic N) is 2. The van der Waals surface area contributed by atoms with E-state index in [1.807, 2.05) is 23.1 Å². The van der Waals surface area contributed by atoms with Gasteiger partial charge in [-0.15, -0.1) is 0 Å². The molecule has 3 heterocycles. The van der Waals surface area contributed by atoms with Crippen LogP contribution < -0.4 is 0 Å². The van der Waals surface area contributed by atoms with Gasteiger partial charge >= 0.3 is 5.97 Å². The molecular formula is C25H26N2O4. The van der Waals surface area contributed by atoms with Crippen molar-refractivity contribution in [3.05, 3.63) is 83.9 Å². The van der Waals surface area contributed by atoms with E-state index < -0.39 is 30.0 Å². The molecule has 5 rings (SSSR count). The summed E-state index contributed by atoms with van der Waals surface area (Å²) in [6.45, 7) is 2.63. The quantitative estimate of drug-likeness (QED) is 0.756. The average molecular weight is 418 g/mol. The van der Waals surface area contributed by atoms with Crippen molar-refractivity contribution in [3.8, 4) is 0 Å². The van der Waals surface area contributed by atoms with Crippen LogP contribution in [-0.4, -0.2) is 65.2 Å². The molecule has 160 valence electrons. The molecule has 6 heteroatoms. The minimum absolute atomic E-state index is 0.0973. The number of carboxylic acids is 1. The van der Waals surface area contributed by atoms with E-state index in [0.717, 1.165) is 13.1 Å². The Bertz CT molecular complexity index is 930. The van der Waals surface area contributed by atoms with Crippen molar-refractivity contribution < 1.29 is 19.4 Å². The second-order valence-electron chi connectivity index (χ2n) is 8.43.